The first-order valence-electron chi connectivity index (χ1n) is 3.94. The molecule has 3 heteroatoms. The maximum atomic E-state index is 10.9. The van der Waals surface area contributed by atoms with E-state index in [9.17, 15) is 4.79 Å². The molecule has 64 valence electrons. The van der Waals surface area contributed by atoms with E-state index in [0.717, 1.165) is 13.0 Å². The van der Waals surface area contributed by atoms with Gasteiger partial charge in [-0.2, -0.15) is 0 Å². The minimum absolute atomic E-state index is 0.255. The highest BCUT2D eigenvalue weighted by Crippen LogP contribution is 2.33. The van der Waals surface area contributed by atoms with Gasteiger partial charge in [0.1, 0.15) is 5.54 Å². The Morgan fingerprint density at radius 3 is 2.45 bits per heavy atom. The normalized spacial score (nSPS) is 39.4. The number of likely N-dealkylation sites (N-methyl/N-ethyl adjacent to an activating group) is 1. The Hall–Kier alpha value is -0.570. The topological polar surface area (TPSA) is 40.5 Å². The van der Waals surface area contributed by atoms with Crippen LogP contribution in [0.3, 0.4) is 0 Å². The quantitative estimate of drug-likeness (QED) is 0.612. The molecule has 11 heavy (non-hydrogen) atoms. The molecule has 0 bridgehead atoms. The summed E-state index contributed by atoms with van der Waals surface area (Å²) < 4.78 is 0. The van der Waals surface area contributed by atoms with E-state index in [4.69, 9.17) is 5.11 Å². The molecule has 2 unspecified atom stereocenters. The van der Waals surface area contributed by atoms with Gasteiger partial charge in [-0.3, -0.25) is 9.69 Å². The lowest BCUT2D eigenvalue weighted by Gasteiger charge is -2.30. The lowest BCUT2D eigenvalue weighted by Crippen LogP contribution is -2.49. The molecule has 3 nitrogen and oxygen atoms in total. The average molecular weight is 157 g/mol. The second-order valence-electron chi connectivity index (χ2n) is 3.56. The number of carboxylic acids is 1. The zero-order valence-electron chi connectivity index (χ0n) is 7.29. The van der Waals surface area contributed by atoms with Crippen molar-refractivity contribution in [1.29, 1.82) is 0 Å². The van der Waals surface area contributed by atoms with Crippen molar-refractivity contribution in [2.45, 2.75) is 25.8 Å². The number of carbonyl (C=O) groups is 1. The summed E-state index contributed by atoms with van der Waals surface area (Å²) in [5.74, 6) is -0.449. The SMILES string of the molecule is CC1CCN(C)C1(C)C(=O)O. The number of rotatable bonds is 1. The third-order valence-corrected chi connectivity index (χ3v) is 3.08. The van der Waals surface area contributed by atoms with E-state index in [-0.39, 0.29) is 5.92 Å². The summed E-state index contributed by atoms with van der Waals surface area (Å²) in [7, 11) is 1.87. The Morgan fingerprint density at radius 2 is 2.27 bits per heavy atom. The predicted molar refractivity (Wildman–Crippen MR) is 42.5 cm³/mol. The van der Waals surface area contributed by atoms with Crippen LogP contribution in [0.5, 0.6) is 0 Å². The number of nitrogens with zero attached hydrogens (tertiary/aromatic N) is 1. The van der Waals surface area contributed by atoms with Crippen LogP contribution in [0, 0.1) is 5.92 Å². The molecule has 0 aromatic rings. The lowest BCUT2D eigenvalue weighted by atomic mass is 9.88. The fourth-order valence-electron chi connectivity index (χ4n) is 1.65. The molecular formula is C8H15NO2. The Morgan fingerprint density at radius 1 is 1.73 bits per heavy atom. The number of likely N-dealkylation sites (tertiary alicyclic amines) is 1. The van der Waals surface area contributed by atoms with Crippen LogP contribution in [0.25, 0.3) is 0 Å². The second-order valence-corrected chi connectivity index (χ2v) is 3.56. The Kier molecular flexibility index (Phi) is 1.92. The van der Waals surface area contributed by atoms with Gasteiger partial charge in [-0.05, 0) is 32.9 Å². The second kappa shape index (κ2) is 2.48. The largest absolute Gasteiger partial charge is 0.480 e. The van der Waals surface area contributed by atoms with Crippen molar-refractivity contribution in [2.75, 3.05) is 13.6 Å². The summed E-state index contributed by atoms with van der Waals surface area (Å²) in [6, 6.07) is 0. The van der Waals surface area contributed by atoms with Gasteiger partial charge in [0.25, 0.3) is 0 Å². The molecule has 2 atom stereocenters. The zero-order valence-corrected chi connectivity index (χ0v) is 7.29. The van der Waals surface area contributed by atoms with Crippen LogP contribution in [-0.2, 0) is 4.79 Å². The Labute approximate surface area is 67.0 Å². The molecule has 0 aromatic carbocycles. The molecule has 0 saturated carbocycles. The van der Waals surface area contributed by atoms with Gasteiger partial charge in [-0.25, -0.2) is 0 Å². The van der Waals surface area contributed by atoms with Gasteiger partial charge in [-0.1, -0.05) is 6.92 Å². The van der Waals surface area contributed by atoms with Crippen LogP contribution in [-0.4, -0.2) is 35.1 Å². The number of carboxylic acid groups (broad SMARTS) is 1. The average Bonchev–Trinajstić information content (AvgIpc) is 2.18. The molecule has 0 aliphatic carbocycles. The molecule has 1 saturated heterocycles. The van der Waals surface area contributed by atoms with Crippen molar-refractivity contribution >= 4 is 5.97 Å². The fourth-order valence-corrected chi connectivity index (χ4v) is 1.65. The van der Waals surface area contributed by atoms with Crippen LogP contribution in [0.15, 0.2) is 0 Å². The molecule has 1 N–H and O–H groups in total. The molecule has 0 spiro atoms. The van der Waals surface area contributed by atoms with Gasteiger partial charge in [0, 0.05) is 0 Å². The standard InChI is InChI=1S/C8H15NO2/c1-6-4-5-9(3)8(6,2)7(10)11/h6H,4-5H2,1-3H3,(H,10,11). The molecule has 0 aromatic heterocycles. The minimum Gasteiger partial charge on any atom is -0.480 e. The summed E-state index contributed by atoms with van der Waals surface area (Å²) >= 11 is 0. The highest BCUT2D eigenvalue weighted by molar-refractivity contribution is 5.79. The van der Waals surface area contributed by atoms with Crippen molar-refractivity contribution in [3.05, 3.63) is 0 Å². The molecule has 1 aliphatic rings. The lowest BCUT2D eigenvalue weighted by molar-refractivity contribution is -0.149. The van der Waals surface area contributed by atoms with Gasteiger partial charge in [0.2, 0.25) is 0 Å². The summed E-state index contributed by atoms with van der Waals surface area (Å²) in [6.45, 7) is 4.69. The van der Waals surface area contributed by atoms with Crippen LogP contribution >= 0.6 is 0 Å². The van der Waals surface area contributed by atoms with E-state index in [1.807, 2.05) is 18.9 Å². The predicted octanol–water partition coefficient (Wildman–Crippen LogP) is 0.801. The van der Waals surface area contributed by atoms with Crippen molar-refractivity contribution < 1.29 is 9.90 Å². The van der Waals surface area contributed by atoms with E-state index < -0.39 is 11.5 Å². The molecule has 1 fully saturated rings. The van der Waals surface area contributed by atoms with E-state index in [2.05, 4.69) is 0 Å². The minimum atomic E-state index is -0.704. The third kappa shape index (κ3) is 1.03. The van der Waals surface area contributed by atoms with Gasteiger partial charge in [0.15, 0.2) is 0 Å². The maximum Gasteiger partial charge on any atom is 0.324 e. The molecule has 1 aliphatic heterocycles. The number of aliphatic carboxylic acids is 1. The number of hydrogen-bond donors (Lipinski definition) is 1. The summed E-state index contributed by atoms with van der Waals surface area (Å²) in [5, 5.41) is 8.97. The molecule has 0 radical (unpaired) electrons. The summed E-state index contributed by atoms with van der Waals surface area (Å²) in [6.07, 6.45) is 0.985. The van der Waals surface area contributed by atoms with E-state index >= 15 is 0 Å². The van der Waals surface area contributed by atoms with Gasteiger partial charge >= 0.3 is 5.97 Å². The Bertz CT molecular complexity index is 169. The highest BCUT2D eigenvalue weighted by atomic mass is 16.4. The highest BCUT2D eigenvalue weighted by Gasteiger charge is 2.46. The maximum absolute atomic E-state index is 10.9. The van der Waals surface area contributed by atoms with Crippen molar-refractivity contribution in [3.8, 4) is 0 Å². The first-order chi connectivity index (χ1) is 4.99. The Balaban J connectivity index is 2.88. The van der Waals surface area contributed by atoms with Crippen LogP contribution in [0.2, 0.25) is 0 Å². The van der Waals surface area contributed by atoms with E-state index in [0.29, 0.717) is 0 Å². The monoisotopic (exact) mass is 157 g/mol. The molecular weight excluding hydrogens is 142 g/mol. The van der Waals surface area contributed by atoms with Crippen LogP contribution in [0.1, 0.15) is 20.3 Å². The van der Waals surface area contributed by atoms with Crippen LogP contribution < -0.4 is 0 Å². The van der Waals surface area contributed by atoms with Crippen molar-refractivity contribution in [1.82, 2.24) is 4.90 Å². The van der Waals surface area contributed by atoms with E-state index in [1.165, 1.54) is 0 Å². The van der Waals surface area contributed by atoms with Crippen molar-refractivity contribution in [2.24, 2.45) is 5.92 Å². The first-order valence-corrected chi connectivity index (χ1v) is 3.94. The zero-order chi connectivity index (χ0) is 8.65. The van der Waals surface area contributed by atoms with Gasteiger partial charge < -0.3 is 5.11 Å². The molecule has 0 amide bonds. The van der Waals surface area contributed by atoms with Crippen molar-refractivity contribution in [3.63, 3.8) is 0 Å². The number of hydrogen-bond acceptors (Lipinski definition) is 2. The fraction of sp³-hybridized carbons (Fsp3) is 0.875. The molecule has 1 heterocycles. The first kappa shape index (κ1) is 8.53. The van der Waals surface area contributed by atoms with E-state index in [1.54, 1.807) is 6.92 Å². The van der Waals surface area contributed by atoms with Gasteiger partial charge in [-0.15, -0.1) is 0 Å². The molecule has 1 rings (SSSR count). The smallest absolute Gasteiger partial charge is 0.324 e. The summed E-state index contributed by atoms with van der Waals surface area (Å²) in [5.41, 5.74) is -0.639. The third-order valence-electron chi connectivity index (χ3n) is 3.08. The van der Waals surface area contributed by atoms with Gasteiger partial charge in [0.05, 0.1) is 0 Å². The van der Waals surface area contributed by atoms with Crippen LogP contribution in [0.4, 0.5) is 0 Å². The summed E-state index contributed by atoms with van der Waals surface area (Å²) in [4.78, 5) is 12.8.